The van der Waals surface area contributed by atoms with Crippen molar-refractivity contribution in [2.24, 2.45) is 0 Å². The van der Waals surface area contributed by atoms with Gasteiger partial charge in [0.1, 0.15) is 17.0 Å². The Morgan fingerprint density at radius 2 is 1.13 bits per heavy atom. The van der Waals surface area contributed by atoms with E-state index in [0.717, 1.165) is 56.5 Å². The predicted molar refractivity (Wildman–Crippen MR) is 249 cm³/mol. The molecule has 1 aliphatic rings. The lowest BCUT2D eigenvalue weighted by Gasteiger charge is -2.15. The third kappa shape index (κ3) is 5.23. The molecule has 0 spiro atoms. The van der Waals surface area contributed by atoms with E-state index in [4.69, 9.17) is 19.4 Å². The van der Waals surface area contributed by atoms with Crippen molar-refractivity contribution in [1.29, 1.82) is 0 Å². The Labute approximate surface area is 351 Å². The van der Waals surface area contributed by atoms with Crippen molar-refractivity contribution in [2.75, 3.05) is 0 Å². The van der Waals surface area contributed by atoms with Gasteiger partial charge in [-0.2, -0.15) is 0 Å². The van der Waals surface area contributed by atoms with Gasteiger partial charge >= 0.3 is 0 Å². The number of furan rings is 1. The van der Waals surface area contributed by atoms with Crippen LogP contribution in [0.5, 0.6) is 0 Å². The predicted octanol–water partition coefficient (Wildman–Crippen LogP) is 14.3. The first-order chi connectivity index (χ1) is 30.2. The maximum Gasteiger partial charge on any atom is 0.167 e. The molecule has 61 heavy (non-hydrogen) atoms. The molecular weight excluding hydrogens is 745 g/mol. The second-order valence-electron chi connectivity index (χ2n) is 16.2. The van der Waals surface area contributed by atoms with Crippen molar-refractivity contribution in [3.63, 3.8) is 0 Å². The first-order valence-corrected chi connectivity index (χ1v) is 21.0. The Bertz CT molecular complexity index is 3680. The fourth-order valence-electron chi connectivity index (χ4n) is 10.1. The van der Waals surface area contributed by atoms with E-state index in [-0.39, 0.29) is 5.92 Å². The zero-order chi connectivity index (χ0) is 40.0. The lowest BCUT2D eigenvalue weighted by molar-refractivity contribution is 0.668. The quantitative estimate of drug-likeness (QED) is 0.169. The van der Waals surface area contributed by atoms with Crippen LogP contribution in [0.2, 0.25) is 0 Å². The zero-order valence-corrected chi connectivity index (χ0v) is 33.1. The second-order valence-corrected chi connectivity index (χ2v) is 16.2. The summed E-state index contributed by atoms with van der Waals surface area (Å²) in [5.41, 5.74) is 12.1. The van der Waals surface area contributed by atoms with Crippen LogP contribution in [0.1, 0.15) is 29.3 Å². The van der Waals surface area contributed by atoms with Gasteiger partial charge in [0.15, 0.2) is 11.6 Å². The molecule has 13 rings (SSSR count). The van der Waals surface area contributed by atoms with Crippen molar-refractivity contribution in [2.45, 2.75) is 18.8 Å². The second kappa shape index (κ2) is 13.3. The molecule has 5 nitrogen and oxygen atoms in total. The highest BCUT2D eigenvalue weighted by Crippen LogP contribution is 2.47. The number of rotatable bonds is 6. The van der Waals surface area contributed by atoms with Crippen molar-refractivity contribution in [3.05, 3.63) is 205 Å². The molecule has 0 radical (unpaired) electrons. The Morgan fingerprint density at radius 1 is 0.475 bits per heavy atom. The van der Waals surface area contributed by atoms with E-state index in [1.807, 2.05) is 24.3 Å². The van der Waals surface area contributed by atoms with Gasteiger partial charge in [0.05, 0.1) is 27.7 Å². The van der Waals surface area contributed by atoms with E-state index in [0.29, 0.717) is 18.1 Å². The summed E-state index contributed by atoms with van der Waals surface area (Å²) >= 11 is 0. The van der Waals surface area contributed by atoms with Gasteiger partial charge in [-0.05, 0) is 75.2 Å². The number of benzene rings is 9. The molecule has 0 bridgehead atoms. The first-order valence-electron chi connectivity index (χ1n) is 21.0. The van der Waals surface area contributed by atoms with Crippen LogP contribution in [0.4, 0.5) is 0 Å². The maximum absolute atomic E-state index is 6.95. The number of aromatic nitrogens is 4. The minimum Gasteiger partial charge on any atom is -0.455 e. The minimum atomic E-state index is 0.258. The van der Waals surface area contributed by atoms with Crippen LogP contribution in [0.25, 0.3) is 105 Å². The van der Waals surface area contributed by atoms with Crippen LogP contribution in [-0.2, 0) is 6.42 Å². The molecular formula is C56H36N4O. The number of aryl methyl sites for hydroxylation is 1. The van der Waals surface area contributed by atoms with Crippen molar-refractivity contribution in [3.8, 4) is 39.6 Å². The fourth-order valence-corrected chi connectivity index (χ4v) is 10.1. The molecule has 0 saturated carbocycles. The number of fused-ring (bicyclic) bond motifs is 12. The smallest absolute Gasteiger partial charge is 0.167 e. The van der Waals surface area contributed by atoms with Gasteiger partial charge in [0.25, 0.3) is 0 Å². The molecule has 0 N–H and O–H groups in total. The summed E-state index contributed by atoms with van der Waals surface area (Å²) in [5.74, 6) is 2.28. The van der Waals surface area contributed by atoms with Gasteiger partial charge in [-0.1, -0.05) is 158 Å². The van der Waals surface area contributed by atoms with E-state index in [9.17, 15) is 0 Å². The van der Waals surface area contributed by atoms with E-state index < -0.39 is 0 Å². The summed E-state index contributed by atoms with van der Waals surface area (Å²) in [6, 6.07) is 67.2. The van der Waals surface area contributed by atoms with Crippen molar-refractivity contribution >= 4 is 65.3 Å². The molecule has 0 fully saturated rings. The standard InChI is InChI=1S/C56H36N4O/c1-2-15-35(16-3-1)55-57-51(31-29-43-41-22-10-8-20-39(41)40-21-9-11-23-42(40)43)58-56(59-55)46-28-30-48(52-45-24-12-13-25-50(45)61-54(46)52)60-49-33-37-18-5-4-17-36(37)32-47(49)44-27-26-34-14-6-7-19-38(34)53(44)60/h1-28,30,32-33,43H,29,31H2. The van der Waals surface area contributed by atoms with Crippen LogP contribution in [0.15, 0.2) is 192 Å². The Hall–Kier alpha value is -7.89. The summed E-state index contributed by atoms with van der Waals surface area (Å²) in [5, 5.41) is 9.31. The highest BCUT2D eigenvalue weighted by atomic mass is 16.3. The van der Waals surface area contributed by atoms with Gasteiger partial charge in [0.2, 0.25) is 0 Å². The number of hydrogen-bond acceptors (Lipinski definition) is 4. The van der Waals surface area contributed by atoms with Crippen molar-refractivity contribution < 1.29 is 4.42 Å². The largest absolute Gasteiger partial charge is 0.455 e. The van der Waals surface area contributed by atoms with Gasteiger partial charge in [-0.15, -0.1) is 0 Å². The first kappa shape index (κ1) is 34.0. The van der Waals surface area contributed by atoms with E-state index in [1.165, 1.54) is 60.1 Å². The lowest BCUT2D eigenvalue weighted by Crippen LogP contribution is -2.06. The minimum absolute atomic E-state index is 0.258. The Morgan fingerprint density at radius 3 is 1.93 bits per heavy atom. The molecule has 0 amide bonds. The SMILES string of the molecule is c1ccc(-c2nc(CCC3c4ccccc4-c4ccccc43)nc(-c3ccc(-n4c5cc6ccccc6cc5c5ccc6ccccc6c54)c4c3oc3ccccc34)n2)cc1. The molecule has 9 aromatic carbocycles. The molecule has 0 atom stereocenters. The van der Waals surface area contributed by atoms with Gasteiger partial charge in [-0.3, -0.25) is 0 Å². The average Bonchev–Trinajstić information content (AvgIpc) is 3.98. The van der Waals surface area contributed by atoms with E-state index in [2.05, 4.69) is 168 Å². The summed E-state index contributed by atoms with van der Waals surface area (Å²) < 4.78 is 9.41. The van der Waals surface area contributed by atoms with Gasteiger partial charge in [0, 0.05) is 39.4 Å². The Kier molecular flexibility index (Phi) is 7.43. The molecule has 3 heterocycles. The molecule has 0 unspecified atom stereocenters. The monoisotopic (exact) mass is 780 g/mol. The van der Waals surface area contributed by atoms with E-state index >= 15 is 0 Å². The van der Waals surface area contributed by atoms with E-state index in [1.54, 1.807) is 0 Å². The summed E-state index contributed by atoms with van der Waals surface area (Å²) in [6.07, 6.45) is 1.56. The molecule has 12 aromatic rings. The molecule has 1 aliphatic carbocycles. The number of hydrogen-bond donors (Lipinski definition) is 0. The maximum atomic E-state index is 6.95. The van der Waals surface area contributed by atoms with Gasteiger partial charge < -0.3 is 8.98 Å². The summed E-state index contributed by atoms with van der Waals surface area (Å²) in [7, 11) is 0. The highest BCUT2D eigenvalue weighted by Gasteiger charge is 2.29. The third-order valence-corrected chi connectivity index (χ3v) is 12.8. The molecule has 0 saturated heterocycles. The molecule has 286 valence electrons. The van der Waals surface area contributed by atoms with Crippen LogP contribution in [-0.4, -0.2) is 19.5 Å². The zero-order valence-electron chi connectivity index (χ0n) is 33.1. The molecule has 3 aromatic heterocycles. The third-order valence-electron chi connectivity index (χ3n) is 12.8. The van der Waals surface area contributed by atoms with Crippen LogP contribution < -0.4 is 0 Å². The highest BCUT2D eigenvalue weighted by molar-refractivity contribution is 6.23. The van der Waals surface area contributed by atoms with Crippen molar-refractivity contribution in [1.82, 2.24) is 19.5 Å². The molecule has 5 heteroatoms. The fraction of sp³-hybridized carbons (Fsp3) is 0.0536. The van der Waals surface area contributed by atoms with Gasteiger partial charge in [-0.25, -0.2) is 15.0 Å². The summed E-state index contributed by atoms with van der Waals surface area (Å²) in [6.45, 7) is 0. The van der Waals surface area contributed by atoms with Crippen LogP contribution >= 0.6 is 0 Å². The normalized spacial score (nSPS) is 12.7. The topological polar surface area (TPSA) is 56.7 Å². The number of nitrogens with zero attached hydrogens (tertiary/aromatic N) is 4. The average molecular weight is 781 g/mol. The lowest BCUT2D eigenvalue weighted by atomic mass is 9.92. The Balaban J connectivity index is 1.04. The summed E-state index contributed by atoms with van der Waals surface area (Å²) in [4.78, 5) is 15.7. The molecule has 0 aliphatic heterocycles. The van der Waals surface area contributed by atoms with Crippen LogP contribution in [0.3, 0.4) is 0 Å². The number of para-hydroxylation sites is 1. The van der Waals surface area contributed by atoms with Crippen LogP contribution in [0, 0.1) is 0 Å².